The van der Waals surface area contributed by atoms with Crippen molar-refractivity contribution in [2.75, 3.05) is 13.1 Å². The lowest BCUT2D eigenvalue weighted by molar-refractivity contribution is -0.135. The van der Waals surface area contributed by atoms with Crippen LogP contribution in [0, 0.1) is 5.92 Å². The number of ether oxygens (including phenoxy) is 1. The summed E-state index contributed by atoms with van der Waals surface area (Å²) in [6, 6.07) is 0.196. The minimum Gasteiger partial charge on any atom is -0.370 e. The molecule has 2 fully saturated rings. The highest BCUT2D eigenvalue weighted by atomic mass is 16.5. The van der Waals surface area contributed by atoms with Gasteiger partial charge in [0.2, 0.25) is 11.8 Å². The molecule has 1 saturated carbocycles. The molecule has 2 atom stereocenters. The summed E-state index contributed by atoms with van der Waals surface area (Å²) in [4.78, 5) is 18.8. The fraction of sp³-hybridized carbons (Fsp3) is 0.833. The molecule has 1 saturated heterocycles. The Labute approximate surface area is 149 Å². The number of likely N-dealkylation sites (tertiary alicyclic amines) is 1. The molecule has 3 rings (SSSR count). The summed E-state index contributed by atoms with van der Waals surface area (Å²) < 4.78 is 11.0. The van der Waals surface area contributed by atoms with E-state index >= 15 is 0 Å². The van der Waals surface area contributed by atoms with E-state index in [0.717, 1.165) is 45.2 Å². The SMILES string of the molecule is CCc1nc(COC2CCN(C(=O)C[C@@H]3CCCC[C@@H]3N)CC2)no1. The topological polar surface area (TPSA) is 94.5 Å². The number of piperidine rings is 1. The van der Waals surface area contributed by atoms with Gasteiger partial charge in [-0.3, -0.25) is 4.79 Å². The minimum atomic E-state index is 0.157. The van der Waals surface area contributed by atoms with Gasteiger partial charge in [0.25, 0.3) is 0 Å². The summed E-state index contributed by atoms with van der Waals surface area (Å²) >= 11 is 0. The van der Waals surface area contributed by atoms with Crippen LogP contribution in [-0.2, 0) is 22.6 Å². The van der Waals surface area contributed by atoms with E-state index in [9.17, 15) is 4.79 Å². The Hall–Kier alpha value is -1.47. The fourth-order valence-electron chi connectivity index (χ4n) is 3.80. The molecule has 0 unspecified atom stereocenters. The lowest BCUT2D eigenvalue weighted by Gasteiger charge is -2.34. The molecule has 7 nitrogen and oxygen atoms in total. The van der Waals surface area contributed by atoms with Crippen LogP contribution in [-0.4, -0.2) is 46.2 Å². The van der Waals surface area contributed by atoms with Crippen LogP contribution in [0.25, 0.3) is 0 Å². The molecule has 2 heterocycles. The maximum Gasteiger partial charge on any atom is 0.226 e. The zero-order valence-electron chi connectivity index (χ0n) is 15.2. The predicted molar refractivity (Wildman–Crippen MR) is 92.6 cm³/mol. The van der Waals surface area contributed by atoms with Gasteiger partial charge in [0, 0.05) is 32.0 Å². The third-order valence-corrected chi connectivity index (χ3v) is 5.46. The maximum absolute atomic E-state index is 12.5. The Balaban J connectivity index is 1.38. The first kappa shape index (κ1) is 18.3. The first-order valence-corrected chi connectivity index (χ1v) is 9.62. The van der Waals surface area contributed by atoms with E-state index < -0.39 is 0 Å². The molecular formula is C18H30N4O3. The van der Waals surface area contributed by atoms with E-state index in [1.54, 1.807) is 0 Å². The van der Waals surface area contributed by atoms with Gasteiger partial charge in [0.15, 0.2) is 5.82 Å². The highest BCUT2D eigenvalue weighted by molar-refractivity contribution is 5.76. The first-order valence-electron chi connectivity index (χ1n) is 9.62. The normalized spacial score (nSPS) is 25.3. The molecule has 1 amide bonds. The number of rotatable bonds is 6. The van der Waals surface area contributed by atoms with Crippen molar-refractivity contribution >= 4 is 5.91 Å². The van der Waals surface area contributed by atoms with Crippen molar-refractivity contribution in [3.8, 4) is 0 Å². The van der Waals surface area contributed by atoms with Crippen molar-refractivity contribution in [2.45, 2.75) is 77.0 Å². The van der Waals surface area contributed by atoms with E-state index in [2.05, 4.69) is 10.1 Å². The number of nitrogens with two attached hydrogens (primary N) is 1. The number of hydrogen-bond acceptors (Lipinski definition) is 6. The molecule has 140 valence electrons. The lowest BCUT2D eigenvalue weighted by atomic mass is 9.82. The molecule has 1 aromatic rings. The highest BCUT2D eigenvalue weighted by Crippen LogP contribution is 2.27. The summed E-state index contributed by atoms with van der Waals surface area (Å²) in [5.41, 5.74) is 6.18. The molecule has 0 spiro atoms. The van der Waals surface area contributed by atoms with Crippen LogP contribution in [0.3, 0.4) is 0 Å². The van der Waals surface area contributed by atoms with Crippen molar-refractivity contribution < 1.29 is 14.1 Å². The standard InChI is InChI=1S/C18H30N4O3/c1-2-17-20-16(21-25-17)12-24-14-7-9-22(10-8-14)18(23)11-13-5-3-4-6-15(13)19/h13-15H,2-12,19H2,1H3/t13-,15-/m0/s1. The van der Waals surface area contributed by atoms with E-state index in [0.29, 0.717) is 30.7 Å². The Morgan fingerprint density at radius 2 is 2.04 bits per heavy atom. The van der Waals surface area contributed by atoms with Crippen molar-refractivity contribution in [1.29, 1.82) is 0 Å². The van der Waals surface area contributed by atoms with Crippen LogP contribution in [0.4, 0.5) is 0 Å². The smallest absolute Gasteiger partial charge is 0.226 e. The molecule has 2 N–H and O–H groups in total. The molecule has 7 heteroatoms. The van der Waals surface area contributed by atoms with E-state index in [-0.39, 0.29) is 18.1 Å². The Bertz CT molecular complexity index is 554. The Morgan fingerprint density at radius 1 is 1.28 bits per heavy atom. The number of nitrogens with zero attached hydrogens (tertiary/aromatic N) is 3. The van der Waals surface area contributed by atoms with E-state index in [1.807, 2.05) is 11.8 Å². The van der Waals surface area contributed by atoms with Gasteiger partial charge in [-0.25, -0.2) is 0 Å². The summed E-state index contributed by atoms with van der Waals surface area (Å²) in [7, 11) is 0. The van der Waals surface area contributed by atoms with Crippen LogP contribution in [0.15, 0.2) is 4.52 Å². The second-order valence-electron chi connectivity index (χ2n) is 7.26. The number of amides is 1. The summed E-state index contributed by atoms with van der Waals surface area (Å²) in [6.07, 6.45) is 7.78. The molecule has 0 bridgehead atoms. The third-order valence-electron chi connectivity index (χ3n) is 5.46. The molecule has 1 aliphatic carbocycles. The van der Waals surface area contributed by atoms with Gasteiger partial charge in [0.05, 0.1) is 6.10 Å². The zero-order valence-corrected chi connectivity index (χ0v) is 15.2. The number of aromatic nitrogens is 2. The van der Waals surface area contributed by atoms with E-state index in [1.165, 1.54) is 12.8 Å². The van der Waals surface area contributed by atoms with E-state index in [4.69, 9.17) is 15.0 Å². The van der Waals surface area contributed by atoms with Gasteiger partial charge in [-0.15, -0.1) is 0 Å². The largest absolute Gasteiger partial charge is 0.370 e. The average Bonchev–Trinajstić information content (AvgIpc) is 3.10. The molecule has 25 heavy (non-hydrogen) atoms. The summed E-state index contributed by atoms with van der Waals surface area (Å²) in [5.74, 6) is 1.86. The third kappa shape index (κ3) is 5.01. The molecule has 2 aliphatic rings. The van der Waals surface area contributed by atoms with Crippen molar-refractivity contribution in [3.05, 3.63) is 11.7 Å². The number of hydrogen-bond donors (Lipinski definition) is 1. The summed E-state index contributed by atoms with van der Waals surface area (Å²) in [5, 5.41) is 3.90. The first-order chi connectivity index (χ1) is 12.2. The second-order valence-corrected chi connectivity index (χ2v) is 7.26. The van der Waals surface area contributed by atoms with Gasteiger partial charge in [-0.2, -0.15) is 4.98 Å². The van der Waals surface area contributed by atoms with Crippen LogP contribution in [0.2, 0.25) is 0 Å². The van der Waals surface area contributed by atoms with Crippen molar-refractivity contribution in [2.24, 2.45) is 11.7 Å². The Morgan fingerprint density at radius 3 is 2.72 bits per heavy atom. The predicted octanol–water partition coefficient (Wildman–Crippen LogP) is 2.05. The van der Waals surface area contributed by atoms with Crippen LogP contribution < -0.4 is 5.73 Å². The fourth-order valence-corrected chi connectivity index (χ4v) is 3.80. The van der Waals surface area contributed by atoms with Gasteiger partial charge >= 0.3 is 0 Å². The molecule has 1 aromatic heterocycles. The van der Waals surface area contributed by atoms with Crippen LogP contribution in [0.5, 0.6) is 0 Å². The van der Waals surface area contributed by atoms with Gasteiger partial charge < -0.3 is 19.9 Å². The zero-order chi connectivity index (χ0) is 17.6. The minimum absolute atomic E-state index is 0.157. The van der Waals surface area contributed by atoms with Gasteiger partial charge in [-0.1, -0.05) is 24.9 Å². The quantitative estimate of drug-likeness (QED) is 0.844. The second kappa shape index (κ2) is 8.76. The highest BCUT2D eigenvalue weighted by Gasteiger charge is 2.28. The number of carbonyl (C=O) groups is 1. The monoisotopic (exact) mass is 350 g/mol. The molecule has 1 aliphatic heterocycles. The molecule has 0 radical (unpaired) electrons. The Kier molecular flexibility index (Phi) is 6.42. The average molecular weight is 350 g/mol. The maximum atomic E-state index is 12.5. The van der Waals surface area contributed by atoms with Crippen LogP contribution >= 0.6 is 0 Å². The van der Waals surface area contributed by atoms with Crippen LogP contribution in [0.1, 0.15) is 63.6 Å². The summed E-state index contributed by atoms with van der Waals surface area (Å²) in [6.45, 7) is 3.87. The molecular weight excluding hydrogens is 320 g/mol. The number of carbonyl (C=O) groups excluding carboxylic acids is 1. The lowest BCUT2D eigenvalue weighted by Crippen LogP contribution is -2.43. The van der Waals surface area contributed by atoms with Gasteiger partial charge in [0.1, 0.15) is 6.61 Å². The molecule has 0 aromatic carbocycles. The number of aryl methyl sites for hydroxylation is 1. The van der Waals surface area contributed by atoms with Crippen molar-refractivity contribution in [3.63, 3.8) is 0 Å². The van der Waals surface area contributed by atoms with Gasteiger partial charge in [-0.05, 0) is 31.6 Å². The van der Waals surface area contributed by atoms with Crippen molar-refractivity contribution in [1.82, 2.24) is 15.0 Å².